The van der Waals surface area contributed by atoms with Crippen LogP contribution in [0.1, 0.15) is 50.7 Å². The molecule has 0 radical (unpaired) electrons. The standard InChI is InChI=1S/C18H24N2O2.2C4H9O.Ti/c1-19(13-15-7-3-5-9-17(15)21)11-12-20(2)14-16-8-4-6-10-18(16)22;2*1-2-3-4-5;/h3-10,21-22H,11-14H2,1-2H3;2*2-4H2,1H3;/q;2*-1;+4/p-2. The number of nitrogens with zero attached hydrogens (tertiary/aromatic N) is 2. The molecule has 7 heteroatoms. The summed E-state index contributed by atoms with van der Waals surface area (Å²) in [6, 6.07) is 14.2. The fourth-order valence-electron chi connectivity index (χ4n) is 2.64. The summed E-state index contributed by atoms with van der Waals surface area (Å²) >= 11 is 0. The Morgan fingerprint density at radius 1 is 0.636 bits per heavy atom. The van der Waals surface area contributed by atoms with Crippen LogP contribution in [0.4, 0.5) is 0 Å². The molecule has 0 aromatic heterocycles. The van der Waals surface area contributed by atoms with Gasteiger partial charge in [0.25, 0.3) is 0 Å². The molecule has 2 aromatic carbocycles. The Labute approximate surface area is 215 Å². The van der Waals surface area contributed by atoms with E-state index in [9.17, 15) is 20.4 Å². The van der Waals surface area contributed by atoms with Crippen LogP contribution in [0.15, 0.2) is 48.5 Å². The Hall–Kier alpha value is -1.41. The van der Waals surface area contributed by atoms with E-state index in [1.807, 2.05) is 52.2 Å². The van der Waals surface area contributed by atoms with Crippen molar-refractivity contribution in [3.8, 4) is 11.5 Å². The molecule has 182 valence electrons. The normalized spacial score (nSPS) is 10.1. The summed E-state index contributed by atoms with van der Waals surface area (Å²) < 4.78 is 0. The largest absolute Gasteiger partial charge is 4.00 e. The monoisotopic (exact) mass is 492 g/mol. The van der Waals surface area contributed by atoms with E-state index >= 15 is 0 Å². The molecule has 0 aliphatic carbocycles. The molecule has 0 bridgehead atoms. The van der Waals surface area contributed by atoms with E-state index in [-0.39, 0.29) is 46.4 Å². The van der Waals surface area contributed by atoms with E-state index in [0.717, 1.165) is 49.9 Å². The van der Waals surface area contributed by atoms with Crippen LogP contribution < -0.4 is 20.4 Å². The van der Waals surface area contributed by atoms with Gasteiger partial charge in [-0.25, -0.2) is 0 Å². The molecule has 33 heavy (non-hydrogen) atoms. The SMILES string of the molecule is CCCC[O-].CCCC[O-].CN(CCN(C)Cc1ccccc1[O-])Cc1ccccc1[O-].[Ti+4]. The van der Waals surface area contributed by atoms with Gasteiger partial charge in [-0.15, -0.1) is 24.7 Å². The molecule has 0 unspecified atom stereocenters. The van der Waals surface area contributed by atoms with Crippen molar-refractivity contribution < 1.29 is 42.1 Å². The van der Waals surface area contributed by atoms with Gasteiger partial charge >= 0.3 is 21.7 Å². The topological polar surface area (TPSA) is 98.7 Å². The first-order chi connectivity index (χ1) is 15.4. The quantitative estimate of drug-likeness (QED) is 0.443. The number of benzene rings is 2. The average Bonchev–Trinajstić information content (AvgIpc) is 2.78. The van der Waals surface area contributed by atoms with Crippen LogP contribution in [0.2, 0.25) is 0 Å². The summed E-state index contributed by atoms with van der Waals surface area (Å²) in [6.07, 6.45) is 3.73. The van der Waals surface area contributed by atoms with Crippen molar-refractivity contribution in [3.63, 3.8) is 0 Å². The van der Waals surface area contributed by atoms with Crippen LogP contribution in [0.5, 0.6) is 11.5 Å². The number of unbranched alkanes of at least 4 members (excludes halogenated alkanes) is 2. The maximum Gasteiger partial charge on any atom is 4.00 e. The van der Waals surface area contributed by atoms with Crippen LogP contribution in [0, 0.1) is 0 Å². The van der Waals surface area contributed by atoms with Crippen LogP contribution in [-0.4, -0.2) is 50.2 Å². The second-order valence-corrected chi connectivity index (χ2v) is 7.81. The van der Waals surface area contributed by atoms with Gasteiger partial charge in [0.1, 0.15) is 0 Å². The summed E-state index contributed by atoms with van der Waals surface area (Å²) in [5, 5.41) is 42.5. The summed E-state index contributed by atoms with van der Waals surface area (Å²) in [4.78, 5) is 4.24. The molecule has 0 spiro atoms. The number of hydrogen-bond donors (Lipinski definition) is 0. The predicted octanol–water partition coefficient (Wildman–Crippen LogP) is 1.69. The van der Waals surface area contributed by atoms with Gasteiger partial charge in [0, 0.05) is 26.2 Å². The summed E-state index contributed by atoms with van der Waals surface area (Å²) in [6.45, 7) is 7.18. The molecule has 0 aliphatic heterocycles. The van der Waals surface area contributed by atoms with Crippen molar-refractivity contribution >= 4 is 0 Å². The zero-order valence-electron chi connectivity index (χ0n) is 20.7. The maximum atomic E-state index is 11.7. The van der Waals surface area contributed by atoms with Crippen molar-refractivity contribution in [2.45, 2.75) is 52.6 Å². The van der Waals surface area contributed by atoms with Gasteiger partial charge in [-0.3, -0.25) is 0 Å². The van der Waals surface area contributed by atoms with Crippen molar-refractivity contribution in [3.05, 3.63) is 59.7 Å². The first-order valence-electron chi connectivity index (χ1n) is 11.4. The van der Waals surface area contributed by atoms with E-state index in [0.29, 0.717) is 13.1 Å². The predicted molar refractivity (Wildman–Crippen MR) is 124 cm³/mol. The first kappa shape index (κ1) is 33.8. The summed E-state index contributed by atoms with van der Waals surface area (Å²) in [5.74, 6) is 0.172. The second-order valence-electron chi connectivity index (χ2n) is 7.81. The van der Waals surface area contributed by atoms with E-state index < -0.39 is 0 Å². The molecule has 0 amide bonds. The molecule has 2 rings (SSSR count). The number of para-hydroxylation sites is 2. The minimum atomic E-state index is 0. The molecule has 0 saturated carbocycles. The molecule has 0 N–H and O–H groups in total. The molecule has 0 saturated heterocycles. The van der Waals surface area contributed by atoms with Gasteiger partial charge in [0.2, 0.25) is 0 Å². The first-order valence-corrected chi connectivity index (χ1v) is 11.4. The molecular weight excluding hydrogens is 452 g/mol. The Bertz CT molecular complexity index is 640. The van der Waals surface area contributed by atoms with Gasteiger partial charge in [-0.05, 0) is 25.2 Å². The molecule has 0 aliphatic rings. The Morgan fingerprint density at radius 2 is 0.970 bits per heavy atom. The smallest absolute Gasteiger partial charge is 0.872 e. The van der Waals surface area contributed by atoms with E-state index in [4.69, 9.17) is 0 Å². The molecule has 0 fully saturated rings. The third-order valence-electron chi connectivity index (χ3n) is 4.68. The van der Waals surface area contributed by atoms with E-state index in [1.165, 1.54) is 0 Å². The summed E-state index contributed by atoms with van der Waals surface area (Å²) in [7, 11) is 4.00. The average molecular weight is 492 g/mol. The summed E-state index contributed by atoms with van der Waals surface area (Å²) in [5.41, 5.74) is 1.63. The minimum absolute atomic E-state index is 0. The van der Waals surface area contributed by atoms with Crippen LogP contribution >= 0.6 is 0 Å². The van der Waals surface area contributed by atoms with Crippen LogP contribution in [0.3, 0.4) is 0 Å². The minimum Gasteiger partial charge on any atom is -0.872 e. The number of likely N-dealkylation sites (N-methyl/N-ethyl adjacent to an activating group) is 2. The van der Waals surface area contributed by atoms with Crippen molar-refractivity contribution in [2.24, 2.45) is 0 Å². The van der Waals surface area contributed by atoms with Gasteiger partial charge in [-0.2, -0.15) is 0 Å². The van der Waals surface area contributed by atoms with E-state index in [2.05, 4.69) is 9.80 Å². The molecule has 0 atom stereocenters. The van der Waals surface area contributed by atoms with Gasteiger partial charge in [0.15, 0.2) is 0 Å². The molecule has 6 nitrogen and oxygen atoms in total. The molecular formula is C26H40N2O4Ti. The fourth-order valence-corrected chi connectivity index (χ4v) is 2.64. The third kappa shape index (κ3) is 17.7. The number of hydrogen-bond acceptors (Lipinski definition) is 6. The van der Waals surface area contributed by atoms with Gasteiger partial charge in [0.05, 0.1) is 0 Å². The van der Waals surface area contributed by atoms with E-state index in [1.54, 1.807) is 24.3 Å². The molecule has 2 aromatic rings. The fraction of sp³-hybridized carbons (Fsp3) is 0.538. The van der Waals surface area contributed by atoms with Gasteiger partial charge in [-0.1, -0.05) is 88.1 Å². The van der Waals surface area contributed by atoms with Crippen LogP contribution in [0.25, 0.3) is 0 Å². The van der Waals surface area contributed by atoms with Crippen molar-refractivity contribution in [1.82, 2.24) is 9.80 Å². The zero-order valence-corrected chi connectivity index (χ0v) is 22.3. The zero-order chi connectivity index (χ0) is 24.2. The van der Waals surface area contributed by atoms with Crippen molar-refractivity contribution in [2.75, 3.05) is 40.4 Å². The third-order valence-corrected chi connectivity index (χ3v) is 4.68. The Balaban J connectivity index is 0. The maximum absolute atomic E-state index is 11.7. The van der Waals surface area contributed by atoms with Gasteiger partial charge < -0.3 is 30.2 Å². The second kappa shape index (κ2) is 22.4. The number of rotatable bonds is 11. The van der Waals surface area contributed by atoms with Crippen molar-refractivity contribution in [1.29, 1.82) is 0 Å². The Morgan fingerprint density at radius 3 is 1.21 bits per heavy atom. The van der Waals surface area contributed by atoms with Crippen LogP contribution in [-0.2, 0) is 34.8 Å². The Kier molecular flexibility index (Phi) is 22.9. The molecule has 0 heterocycles.